The van der Waals surface area contributed by atoms with Crippen LogP contribution in [0.1, 0.15) is 37.8 Å². The van der Waals surface area contributed by atoms with Crippen molar-refractivity contribution >= 4 is 17.6 Å². The largest absolute Gasteiger partial charge is 0.497 e. The number of hydrogen-bond donors (Lipinski definition) is 4. The number of aliphatic hydroxyl groups excluding tert-OH is 2. The number of nitrogens with one attached hydrogen (secondary N) is 2. The molecule has 182 valence electrons. The summed E-state index contributed by atoms with van der Waals surface area (Å²) in [6.07, 6.45) is 2.23. The highest BCUT2D eigenvalue weighted by atomic mass is 16.6. The van der Waals surface area contributed by atoms with Gasteiger partial charge in [0.15, 0.2) is 11.4 Å². The third kappa shape index (κ3) is 5.90. The average Bonchev–Trinajstić information content (AvgIpc) is 3.61. The molecule has 1 aliphatic carbocycles. The molecule has 2 unspecified atom stereocenters. The molecule has 0 aromatic heterocycles. The first-order valence-electron chi connectivity index (χ1n) is 11.4. The van der Waals surface area contributed by atoms with Crippen molar-refractivity contribution in [3.63, 3.8) is 0 Å². The highest BCUT2D eigenvalue weighted by Crippen LogP contribution is 2.30. The summed E-state index contributed by atoms with van der Waals surface area (Å²) in [5.41, 5.74) is 0.946. The van der Waals surface area contributed by atoms with Crippen molar-refractivity contribution in [1.29, 1.82) is 0 Å². The van der Waals surface area contributed by atoms with Crippen molar-refractivity contribution in [2.45, 2.75) is 57.2 Å². The van der Waals surface area contributed by atoms with Crippen LogP contribution in [0.3, 0.4) is 0 Å². The number of ketones is 1. The van der Waals surface area contributed by atoms with Crippen molar-refractivity contribution in [1.82, 2.24) is 10.6 Å². The summed E-state index contributed by atoms with van der Waals surface area (Å²) >= 11 is 0. The Bertz CT molecular complexity index is 882. The minimum Gasteiger partial charge on any atom is -0.497 e. The molecule has 0 spiro atoms. The third-order valence-corrected chi connectivity index (χ3v) is 6.37. The molecular formula is C24H34N2O7. The van der Waals surface area contributed by atoms with E-state index in [2.05, 4.69) is 10.6 Å². The molecule has 9 heteroatoms. The topological polar surface area (TPSA) is 137 Å². The Balaban J connectivity index is 1.62. The quantitative estimate of drug-likeness (QED) is 0.343. The SMILES string of the molecule is COc1ccc2c(c1)CCC(C(=O)NC(CO)C(=O)N[C@@H](CC(C)C)C(=O)[C@@]1(CO)CO1)C2. The lowest BCUT2D eigenvalue weighted by Gasteiger charge is -2.27. The average molecular weight is 463 g/mol. The second kappa shape index (κ2) is 10.6. The molecule has 1 aromatic carbocycles. The van der Waals surface area contributed by atoms with Crippen molar-refractivity contribution in [2.75, 3.05) is 26.9 Å². The first-order valence-corrected chi connectivity index (χ1v) is 11.4. The molecule has 9 nitrogen and oxygen atoms in total. The Hall–Kier alpha value is -2.49. The molecule has 0 radical (unpaired) electrons. The molecule has 4 atom stereocenters. The first-order chi connectivity index (χ1) is 15.7. The van der Waals surface area contributed by atoms with Crippen molar-refractivity contribution in [3.8, 4) is 5.75 Å². The van der Waals surface area contributed by atoms with Crippen LogP contribution >= 0.6 is 0 Å². The zero-order chi connectivity index (χ0) is 24.2. The lowest BCUT2D eigenvalue weighted by molar-refractivity contribution is -0.135. The van der Waals surface area contributed by atoms with E-state index in [0.29, 0.717) is 19.3 Å². The smallest absolute Gasteiger partial charge is 0.245 e. The number of aryl methyl sites for hydroxylation is 1. The Morgan fingerprint density at radius 2 is 1.91 bits per heavy atom. The molecule has 1 heterocycles. The molecule has 3 rings (SSSR count). The van der Waals surface area contributed by atoms with Gasteiger partial charge in [-0.2, -0.15) is 0 Å². The van der Waals surface area contributed by atoms with E-state index in [1.54, 1.807) is 7.11 Å². The van der Waals surface area contributed by atoms with Crippen LogP contribution in [-0.2, 0) is 32.0 Å². The predicted octanol–water partition coefficient (Wildman–Crippen LogP) is 0.139. The maximum atomic E-state index is 12.9. The van der Waals surface area contributed by atoms with Crippen LogP contribution in [0, 0.1) is 11.8 Å². The molecular weight excluding hydrogens is 428 g/mol. The van der Waals surface area contributed by atoms with Crippen LogP contribution in [-0.4, -0.2) is 72.4 Å². The number of carbonyl (C=O) groups excluding carboxylic acids is 3. The van der Waals surface area contributed by atoms with Crippen LogP contribution < -0.4 is 15.4 Å². The molecule has 33 heavy (non-hydrogen) atoms. The van der Waals surface area contributed by atoms with Gasteiger partial charge in [0, 0.05) is 5.92 Å². The van der Waals surface area contributed by atoms with Gasteiger partial charge in [0.25, 0.3) is 0 Å². The van der Waals surface area contributed by atoms with Gasteiger partial charge in [-0.05, 0) is 54.9 Å². The fraction of sp³-hybridized carbons (Fsp3) is 0.625. The van der Waals surface area contributed by atoms with Crippen LogP contribution in [0.5, 0.6) is 5.75 Å². The second-order valence-electron chi connectivity index (χ2n) is 9.31. The van der Waals surface area contributed by atoms with Gasteiger partial charge in [-0.15, -0.1) is 0 Å². The number of Topliss-reactive ketones (excluding diaryl/α,β-unsaturated/α-hetero) is 1. The summed E-state index contributed by atoms with van der Waals surface area (Å²) in [6, 6.07) is 3.72. The van der Waals surface area contributed by atoms with Crippen LogP contribution in [0.2, 0.25) is 0 Å². The standard InChI is InChI=1S/C24H34N2O7/c1-14(2)8-19(21(29)24(12-28)13-33-24)25-23(31)20(11-27)26-22(30)17-5-4-16-10-18(32-3)7-6-15(16)9-17/h6-7,10,14,17,19-20,27-28H,4-5,8-9,11-13H2,1-3H3,(H,25,31)(H,26,30)/t17?,19-,20?,24+/m0/s1. The van der Waals surface area contributed by atoms with Gasteiger partial charge >= 0.3 is 0 Å². The van der Waals surface area contributed by atoms with Crippen molar-refractivity contribution in [2.24, 2.45) is 11.8 Å². The van der Waals surface area contributed by atoms with Gasteiger partial charge in [-0.25, -0.2) is 0 Å². The van der Waals surface area contributed by atoms with Gasteiger partial charge in [0.1, 0.15) is 11.8 Å². The summed E-state index contributed by atoms with van der Waals surface area (Å²) < 4.78 is 10.4. The minimum absolute atomic E-state index is 0.0943. The number of benzene rings is 1. The molecule has 1 saturated heterocycles. The number of ether oxygens (including phenoxy) is 2. The number of methoxy groups -OCH3 is 1. The van der Waals surface area contributed by atoms with Crippen LogP contribution in [0.15, 0.2) is 18.2 Å². The number of hydrogen-bond acceptors (Lipinski definition) is 7. The summed E-state index contributed by atoms with van der Waals surface area (Å²) in [7, 11) is 1.61. The minimum atomic E-state index is -1.26. The number of epoxide rings is 1. The summed E-state index contributed by atoms with van der Waals surface area (Å²) in [5, 5.41) is 24.6. The molecule has 4 N–H and O–H groups in total. The molecule has 2 amide bonds. The van der Waals surface area contributed by atoms with Gasteiger partial charge in [-0.1, -0.05) is 19.9 Å². The van der Waals surface area contributed by atoms with E-state index in [1.807, 2.05) is 32.0 Å². The number of fused-ring (bicyclic) bond motifs is 1. The lowest BCUT2D eigenvalue weighted by Crippen LogP contribution is -2.56. The Morgan fingerprint density at radius 3 is 2.48 bits per heavy atom. The number of rotatable bonds is 11. The van der Waals surface area contributed by atoms with Gasteiger partial charge < -0.3 is 30.3 Å². The Morgan fingerprint density at radius 1 is 1.18 bits per heavy atom. The van der Waals surface area contributed by atoms with Gasteiger partial charge in [-0.3, -0.25) is 14.4 Å². The number of carbonyl (C=O) groups is 3. The van der Waals surface area contributed by atoms with E-state index in [9.17, 15) is 24.6 Å². The molecule has 1 aliphatic heterocycles. The summed E-state index contributed by atoms with van der Waals surface area (Å²) in [4.78, 5) is 38.5. The fourth-order valence-electron chi connectivity index (χ4n) is 4.26. The van der Waals surface area contributed by atoms with E-state index in [4.69, 9.17) is 9.47 Å². The highest BCUT2D eigenvalue weighted by molar-refractivity contribution is 5.98. The second-order valence-corrected chi connectivity index (χ2v) is 9.31. The predicted molar refractivity (Wildman–Crippen MR) is 120 cm³/mol. The molecule has 1 aromatic rings. The monoisotopic (exact) mass is 462 g/mol. The van der Waals surface area contributed by atoms with Gasteiger partial charge in [0.05, 0.1) is 33.0 Å². The first kappa shape index (κ1) is 25.1. The van der Waals surface area contributed by atoms with E-state index in [1.165, 1.54) is 0 Å². The highest BCUT2D eigenvalue weighted by Gasteiger charge is 2.54. The van der Waals surface area contributed by atoms with Gasteiger partial charge in [0.2, 0.25) is 11.8 Å². The van der Waals surface area contributed by atoms with E-state index < -0.39 is 42.6 Å². The molecule has 0 bridgehead atoms. The van der Waals surface area contributed by atoms with Crippen molar-refractivity contribution in [3.05, 3.63) is 29.3 Å². The lowest BCUT2D eigenvalue weighted by atomic mass is 9.83. The third-order valence-electron chi connectivity index (χ3n) is 6.37. The van der Waals surface area contributed by atoms with Crippen LogP contribution in [0.4, 0.5) is 0 Å². The molecule has 0 saturated carbocycles. The van der Waals surface area contributed by atoms with E-state index in [-0.39, 0.29) is 24.3 Å². The number of amides is 2. The zero-order valence-corrected chi connectivity index (χ0v) is 19.4. The molecule has 2 aliphatic rings. The van der Waals surface area contributed by atoms with Crippen LogP contribution in [0.25, 0.3) is 0 Å². The maximum absolute atomic E-state index is 12.9. The zero-order valence-electron chi connectivity index (χ0n) is 19.4. The Kier molecular flexibility index (Phi) is 8.10. The van der Waals surface area contributed by atoms with E-state index in [0.717, 1.165) is 23.3 Å². The normalized spacial score (nSPS) is 23.3. The summed E-state index contributed by atoms with van der Waals surface area (Å²) in [6.45, 7) is 2.89. The Labute approximate surface area is 193 Å². The molecule has 1 fully saturated rings. The fourth-order valence-corrected chi connectivity index (χ4v) is 4.26. The maximum Gasteiger partial charge on any atom is 0.245 e. The summed E-state index contributed by atoms with van der Waals surface area (Å²) in [5.74, 6) is -0.794. The number of aliphatic hydroxyl groups is 2. The van der Waals surface area contributed by atoms with Crippen molar-refractivity contribution < 1.29 is 34.1 Å². The van der Waals surface area contributed by atoms with E-state index >= 15 is 0 Å².